The van der Waals surface area contributed by atoms with Crippen molar-refractivity contribution in [1.82, 2.24) is 4.90 Å². The Morgan fingerprint density at radius 2 is 1.79 bits per heavy atom. The number of aryl methyl sites for hydroxylation is 1. The monoisotopic (exact) mass is 455 g/mol. The van der Waals surface area contributed by atoms with Crippen LogP contribution in [0.3, 0.4) is 0 Å². The van der Waals surface area contributed by atoms with Gasteiger partial charge in [0.15, 0.2) is 0 Å². The second-order valence-electron chi connectivity index (χ2n) is 8.83. The molecule has 1 aliphatic heterocycles. The van der Waals surface area contributed by atoms with Crippen molar-refractivity contribution in [2.24, 2.45) is 0 Å². The molecule has 2 heterocycles. The number of nitrogens with zero attached hydrogens (tertiary/aromatic N) is 1. The average Bonchev–Trinajstić information content (AvgIpc) is 3.46. The maximum Gasteiger partial charge on any atom is 0.150 e. The summed E-state index contributed by atoms with van der Waals surface area (Å²) in [4.78, 5) is 13.3. The maximum atomic E-state index is 10.9. The maximum absolute atomic E-state index is 10.9. The number of furan rings is 1. The lowest BCUT2D eigenvalue weighted by Gasteiger charge is -2.24. The Morgan fingerprint density at radius 3 is 2.59 bits per heavy atom. The minimum atomic E-state index is 0.340. The van der Waals surface area contributed by atoms with Crippen LogP contribution in [-0.4, -0.2) is 30.4 Å². The van der Waals surface area contributed by atoms with Gasteiger partial charge in [-0.05, 0) is 74.3 Å². The van der Waals surface area contributed by atoms with Crippen LogP contribution in [0.2, 0.25) is 0 Å². The van der Waals surface area contributed by atoms with Crippen LogP contribution in [0.5, 0.6) is 11.5 Å². The minimum Gasteiger partial charge on any atom is -0.492 e. The van der Waals surface area contributed by atoms with Gasteiger partial charge >= 0.3 is 0 Å². The molecule has 34 heavy (non-hydrogen) atoms. The number of hydrogen-bond donors (Lipinski definition) is 0. The first-order valence-electron chi connectivity index (χ1n) is 11.8. The smallest absolute Gasteiger partial charge is 0.150 e. The summed E-state index contributed by atoms with van der Waals surface area (Å²) in [6, 6.07) is 23.9. The van der Waals surface area contributed by atoms with Gasteiger partial charge in [-0.2, -0.15) is 0 Å². The third-order valence-corrected chi connectivity index (χ3v) is 6.53. The quantitative estimate of drug-likeness (QED) is 0.282. The third-order valence-electron chi connectivity index (χ3n) is 6.53. The predicted molar refractivity (Wildman–Crippen MR) is 132 cm³/mol. The number of benzene rings is 3. The normalized spacial score (nSPS) is 16.1. The van der Waals surface area contributed by atoms with E-state index in [0.717, 1.165) is 66.0 Å². The molecule has 0 saturated carbocycles. The first kappa shape index (κ1) is 22.2. The zero-order chi connectivity index (χ0) is 23.3. The lowest BCUT2D eigenvalue weighted by atomic mass is 10.1. The lowest BCUT2D eigenvalue weighted by Crippen LogP contribution is -2.33. The van der Waals surface area contributed by atoms with Gasteiger partial charge in [0.2, 0.25) is 0 Å². The van der Waals surface area contributed by atoms with Crippen molar-refractivity contribution in [2.75, 3.05) is 13.2 Å². The lowest BCUT2D eigenvalue weighted by molar-refractivity contribution is 0.112. The Bertz CT molecular complexity index is 1250. The first-order chi connectivity index (χ1) is 16.7. The Hall–Kier alpha value is -3.57. The molecule has 174 valence electrons. The van der Waals surface area contributed by atoms with Crippen LogP contribution in [0, 0.1) is 6.92 Å². The van der Waals surface area contributed by atoms with Crippen LogP contribution in [-0.2, 0) is 13.2 Å². The topological polar surface area (TPSA) is 51.9 Å². The average molecular weight is 456 g/mol. The summed E-state index contributed by atoms with van der Waals surface area (Å²) < 4.78 is 18.2. The molecule has 1 fully saturated rings. The van der Waals surface area contributed by atoms with E-state index in [-0.39, 0.29) is 0 Å². The molecule has 1 aromatic heterocycles. The van der Waals surface area contributed by atoms with Crippen molar-refractivity contribution >= 4 is 17.3 Å². The van der Waals surface area contributed by atoms with Crippen LogP contribution in [0.15, 0.2) is 77.2 Å². The van der Waals surface area contributed by atoms with E-state index in [1.54, 1.807) is 12.1 Å². The number of aldehydes is 1. The fourth-order valence-corrected chi connectivity index (χ4v) is 4.61. The Morgan fingerprint density at radius 1 is 1.00 bits per heavy atom. The molecule has 1 saturated heterocycles. The van der Waals surface area contributed by atoms with Gasteiger partial charge < -0.3 is 13.9 Å². The van der Waals surface area contributed by atoms with Crippen LogP contribution in [0.1, 0.15) is 40.1 Å². The fraction of sp³-hybridized carbons (Fsp3) is 0.276. The van der Waals surface area contributed by atoms with Gasteiger partial charge in [-0.15, -0.1) is 0 Å². The van der Waals surface area contributed by atoms with Crippen molar-refractivity contribution in [3.63, 3.8) is 0 Å². The van der Waals surface area contributed by atoms with Gasteiger partial charge in [-0.3, -0.25) is 9.69 Å². The van der Waals surface area contributed by atoms with Gasteiger partial charge in [-0.25, -0.2) is 0 Å². The van der Waals surface area contributed by atoms with Gasteiger partial charge in [0.1, 0.15) is 42.3 Å². The number of likely N-dealkylation sites (tertiary alicyclic amines) is 1. The van der Waals surface area contributed by atoms with Gasteiger partial charge in [0.05, 0.1) is 0 Å². The number of fused-ring (bicyclic) bond motifs is 1. The van der Waals surface area contributed by atoms with Gasteiger partial charge in [-0.1, -0.05) is 30.3 Å². The molecule has 0 spiro atoms. The number of hydrogen-bond acceptors (Lipinski definition) is 5. The summed E-state index contributed by atoms with van der Waals surface area (Å²) in [6.45, 7) is 5.06. The van der Waals surface area contributed by atoms with Crippen molar-refractivity contribution in [3.8, 4) is 11.5 Å². The molecule has 5 nitrogen and oxygen atoms in total. The summed E-state index contributed by atoms with van der Waals surface area (Å²) in [6.07, 6.45) is 3.10. The highest BCUT2D eigenvalue weighted by molar-refractivity contribution is 5.83. The number of rotatable bonds is 9. The zero-order valence-electron chi connectivity index (χ0n) is 19.4. The Labute approximate surface area is 199 Å². The second-order valence-corrected chi connectivity index (χ2v) is 8.83. The molecule has 3 aromatic carbocycles. The third kappa shape index (κ3) is 5.00. The van der Waals surface area contributed by atoms with Crippen molar-refractivity contribution < 1.29 is 18.7 Å². The van der Waals surface area contributed by atoms with Gasteiger partial charge in [0, 0.05) is 29.1 Å². The van der Waals surface area contributed by atoms with Crippen LogP contribution < -0.4 is 9.47 Å². The Balaban J connectivity index is 1.27. The molecule has 5 rings (SSSR count). The molecule has 0 N–H and O–H groups in total. The number of ether oxygens (including phenoxy) is 2. The van der Waals surface area contributed by atoms with Crippen molar-refractivity contribution in [1.29, 1.82) is 0 Å². The minimum absolute atomic E-state index is 0.340. The van der Waals surface area contributed by atoms with E-state index < -0.39 is 0 Å². The second kappa shape index (κ2) is 10.1. The highest BCUT2D eigenvalue weighted by Crippen LogP contribution is 2.32. The van der Waals surface area contributed by atoms with E-state index in [2.05, 4.69) is 23.1 Å². The molecule has 1 aliphatic rings. The Kier molecular flexibility index (Phi) is 6.63. The van der Waals surface area contributed by atoms with Crippen LogP contribution in [0.4, 0.5) is 0 Å². The molecular weight excluding hydrogens is 426 g/mol. The largest absolute Gasteiger partial charge is 0.492 e. The molecule has 4 aromatic rings. The highest BCUT2D eigenvalue weighted by atomic mass is 16.5. The summed E-state index contributed by atoms with van der Waals surface area (Å²) in [5.41, 5.74) is 3.90. The van der Waals surface area contributed by atoms with E-state index >= 15 is 0 Å². The van der Waals surface area contributed by atoms with E-state index in [9.17, 15) is 4.79 Å². The molecule has 0 unspecified atom stereocenters. The van der Waals surface area contributed by atoms with Crippen LogP contribution >= 0.6 is 0 Å². The van der Waals surface area contributed by atoms with E-state index in [4.69, 9.17) is 13.9 Å². The van der Waals surface area contributed by atoms with E-state index in [1.165, 1.54) is 5.56 Å². The summed E-state index contributed by atoms with van der Waals surface area (Å²) in [7, 11) is 0. The summed E-state index contributed by atoms with van der Waals surface area (Å²) >= 11 is 0. The van der Waals surface area contributed by atoms with Crippen molar-refractivity contribution in [3.05, 3.63) is 95.2 Å². The molecule has 0 bridgehead atoms. The summed E-state index contributed by atoms with van der Waals surface area (Å²) in [5, 5.41) is 1.11. The SMILES string of the molecule is Cc1oc2ccc(OCc3ccccc3)cc2c1CN1CCC[C@H]1COc1ccc(C=O)cc1. The summed E-state index contributed by atoms with van der Waals surface area (Å²) in [5.74, 6) is 2.59. The van der Waals surface area contributed by atoms with Crippen molar-refractivity contribution in [2.45, 2.75) is 39.0 Å². The fourth-order valence-electron chi connectivity index (χ4n) is 4.61. The van der Waals surface area contributed by atoms with E-state index in [0.29, 0.717) is 24.8 Å². The molecule has 0 amide bonds. The molecule has 5 heteroatoms. The molecule has 0 aliphatic carbocycles. The predicted octanol–water partition coefficient (Wildman–Crippen LogP) is 6.18. The number of carbonyl (C=O) groups excluding carboxylic acids is 1. The highest BCUT2D eigenvalue weighted by Gasteiger charge is 2.27. The molecule has 0 radical (unpaired) electrons. The molecule has 1 atom stereocenters. The molecular formula is C29H29NO4. The van der Waals surface area contributed by atoms with Crippen LogP contribution in [0.25, 0.3) is 11.0 Å². The first-order valence-corrected chi connectivity index (χ1v) is 11.8. The zero-order valence-corrected chi connectivity index (χ0v) is 19.4. The standard InChI is InChI=1S/C29H29NO4/c1-21-28(17-30-15-5-8-24(30)20-33-25-11-9-22(18-31)10-12-25)27-16-26(13-14-29(27)34-21)32-19-23-6-3-2-4-7-23/h2-4,6-7,9-14,16,18,24H,5,8,15,17,19-20H2,1H3/t24-/m0/s1. The van der Waals surface area contributed by atoms with E-state index in [1.807, 2.05) is 49.4 Å². The van der Waals surface area contributed by atoms with Gasteiger partial charge in [0.25, 0.3) is 0 Å². The number of carbonyl (C=O) groups is 1.